The Morgan fingerprint density at radius 3 is 1.43 bits per heavy atom. The third-order valence-electron chi connectivity index (χ3n) is 16.1. The van der Waals surface area contributed by atoms with Crippen molar-refractivity contribution in [1.82, 2.24) is 0 Å². The second kappa shape index (κ2) is 26.0. The summed E-state index contributed by atoms with van der Waals surface area (Å²) in [5.41, 5.74) is 6.27. The lowest BCUT2D eigenvalue weighted by molar-refractivity contribution is -0.247. The van der Waals surface area contributed by atoms with E-state index in [4.69, 9.17) is 19.9 Å². The minimum Gasteiger partial charge on any atom is -0.507 e. The summed E-state index contributed by atoms with van der Waals surface area (Å²) in [6.07, 6.45) is -1.96. The van der Waals surface area contributed by atoms with Gasteiger partial charge in [0.15, 0.2) is 63.9 Å². The number of Topliss-reactive ketones (excluding diaryl/α,β-unsaturated/α-hetero) is 1. The first-order valence-corrected chi connectivity index (χ1v) is 27.2. The maximum absolute atomic E-state index is 13.6. The molecule has 0 aromatic heterocycles. The number of ketones is 3. The second-order valence-corrected chi connectivity index (χ2v) is 22.2. The highest BCUT2D eigenvalue weighted by molar-refractivity contribution is 6.31. The molecule has 444 valence electrons. The van der Waals surface area contributed by atoms with Crippen LogP contribution in [0.4, 0.5) is 0 Å². The van der Waals surface area contributed by atoms with Crippen molar-refractivity contribution in [1.29, 1.82) is 0 Å². The molecule has 0 spiro atoms. The van der Waals surface area contributed by atoms with E-state index in [1.54, 1.807) is 31.2 Å². The average molecular weight is 1150 g/mol. The molecule has 1 heterocycles. The van der Waals surface area contributed by atoms with Gasteiger partial charge in [-0.05, 0) is 133 Å². The number of hydrogen-bond acceptors (Lipinski definition) is 20. The molecule has 20 heteroatoms. The summed E-state index contributed by atoms with van der Waals surface area (Å²) < 4.78 is 17.0. The van der Waals surface area contributed by atoms with Gasteiger partial charge in [0.05, 0.1) is 42.1 Å². The van der Waals surface area contributed by atoms with Crippen LogP contribution >= 0.6 is 0 Å². The van der Waals surface area contributed by atoms with Crippen LogP contribution in [0.5, 0.6) is 63.2 Å². The first-order valence-electron chi connectivity index (χ1n) is 27.2. The monoisotopic (exact) mass is 1150 g/mol. The Labute approximate surface area is 479 Å². The van der Waals surface area contributed by atoms with Crippen LogP contribution in [0.1, 0.15) is 119 Å². The largest absolute Gasteiger partial charge is 0.507 e. The van der Waals surface area contributed by atoms with E-state index in [1.807, 2.05) is 24.3 Å². The molecule has 15 N–H and O–H groups in total. The van der Waals surface area contributed by atoms with Gasteiger partial charge in [-0.15, -0.1) is 0 Å². The van der Waals surface area contributed by atoms with Crippen LogP contribution in [0.3, 0.4) is 0 Å². The van der Waals surface area contributed by atoms with Gasteiger partial charge in [-0.2, -0.15) is 0 Å². The molecule has 1 fully saturated rings. The molecular formula is C63H73NO19. The fourth-order valence-electron chi connectivity index (χ4n) is 10.8. The summed E-state index contributed by atoms with van der Waals surface area (Å²) >= 11 is 0. The SMILES string of the molecule is COc1cccc2c1C(=O)c1c(O)c3c(c(O)c1C2=O)C[C@@](O)(C(=O)CO)C[C@@H]3O[C@H]1C[C@H](N)[C@H](O)[C@H](C)O1.C[C@H](Cc1ccc(O)c(O)c1)[C@@H](C)Cc1ccc(O)c(O)c1.C[C@H](Cc1ccc(O)c(O)c1)[C@@H](C)Cc1ccc(O)c(O)c1. The molecule has 6 aromatic carbocycles. The first-order chi connectivity index (χ1) is 39.2. The number of phenols is 10. The summed E-state index contributed by atoms with van der Waals surface area (Å²) in [6.45, 7) is 9.09. The van der Waals surface area contributed by atoms with Gasteiger partial charge >= 0.3 is 0 Å². The quantitative estimate of drug-likeness (QED) is 0.0358. The molecule has 0 amide bonds. The highest BCUT2D eigenvalue weighted by Crippen LogP contribution is 2.53. The van der Waals surface area contributed by atoms with Crippen LogP contribution in [0.15, 0.2) is 91.0 Å². The van der Waals surface area contributed by atoms with Gasteiger partial charge in [0.25, 0.3) is 0 Å². The number of fused-ring (bicyclic) bond motifs is 3. The number of ether oxygens (including phenoxy) is 3. The Morgan fingerprint density at radius 2 is 1.05 bits per heavy atom. The van der Waals surface area contributed by atoms with E-state index in [1.165, 1.54) is 49.6 Å². The number of benzene rings is 6. The Morgan fingerprint density at radius 1 is 0.627 bits per heavy atom. The Kier molecular flexibility index (Phi) is 19.6. The fraction of sp³-hybridized carbons (Fsp3) is 0.381. The summed E-state index contributed by atoms with van der Waals surface area (Å²) in [4.78, 5) is 39.7. The highest BCUT2D eigenvalue weighted by atomic mass is 16.7. The van der Waals surface area contributed by atoms with Crippen molar-refractivity contribution < 1.29 is 95.0 Å². The lowest BCUT2D eigenvalue weighted by Crippen LogP contribution is -2.53. The predicted octanol–water partition coefficient (Wildman–Crippen LogP) is 7.13. The predicted molar refractivity (Wildman–Crippen MR) is 302 cm³/mol. The van der Waals surface area contributed by atoms with E-state index in [-0.39, 0.29) is 80.4 Å². The lowest BCUT2D eigenvalue weighted by Gasteiger charge is -2.42. The summed E-state index contributed by atoms with van der Waals surface area (Å²) in [6, 6.07) is 23.2. The summed E-state index contributed by atoms with van der Waals surface area (Å²) in [5, 5.41) is 129. The van der Waals surface area contributed by atoms with Gasteiger partial charge in [0, 0.05) is 42.0 Å². The number of carbonyl (C=O) groups is 3. The van der Waals surface area contributed by atoms with Crippen molar-refractivity contribution in [2.75, 3.05) is 13.7 Å². The van der Waals surface area contributed by atoms with Crippen LogP contribution < -0.4 is 10.5 Å². The van der Waals surface area contributed by atoms with E-state index in [2.05, 4.69) is 27.7 Å². The molecule has 2 aliphatic carbocycles. The number of aliphatic hydroxyl groups excluding tert-OH is 2. The van der Waals surface area contributed by atoms with Crippen molar-refractivity contribution in [3.8, 4) is 63.2 Å². The highest BCUT2D eigenvalue weighted by Gasteiger charge is 2.50. The Balaban J connectivity index is 0.000000193. The van der Waals surface area contributed by atoms with Crippen molar-refractivity contribution in [3.05, 3.63) is 147 Å². The van der Waals surface area contributed by atoms with Gasteiger partial charge in [0.2, 0.25) is 5.78 Å². The minimum atomic E-state index is -2.24. The van der Waals surface area contributed by atoms with Gasteiger partial charge < -0.3 is 86.3 Å². The topological polar surface area (TPSA) is 368 Å². The number of carbonyl (C=O) groups excluding carboxylic acids is 3. The zero-order chi connectivity index (χ0) is 60.9. The number of aromatic hydroxyl groups is 10. The number of hydrogen-bond donors (Lipinski definition) is 14. The van der Waals surface area contributed by atoms with E-state index >= 15 is 0 Å². The molecule has 1 aliphatic heterocycles. The van der Waals surface area contributed by atoms with E-state index in [0.717, 1.165) is 47.9 Å². The van der Waals surface area contributed by atoms with Crippen LogP contribution in [0.2, 0.25) is 0 Å². The zero-order valence-corrected chi connectivity index (χ0v) is 46.9. The van der Waals surface area contributed by atoms with Crippen molar-refractivity contribution >= 4 is 17.3 Å². The molecule has 20 nitrogen and oxygen atoms in total. The minimum absolute atomic E-state index is 0.0173. The normalized spacial score (nSPS) is 21.3. The Hall–Kier alpha value is -8.11. The molecule has 0 radical (unpaired) electrons. The standard InChI is InChI=1S/C27H29NO11.2C18H22O4/c1-10-22(31)13(28)6-17(38-10)39-15-8-27(36,16(30)9-29)7-12-19(15)26(35)21-20(24(12)33)23(32)11-4-3-5-14(37-2)18(11)25(21)34;2*1-11(7-13-3-5-15(19)17(21)9-13)12(2)8-14-4-6-16(20)18(22)10-14/h3-5,10,13,15,17,22,29,31,33,35-36H,6-9,28H2,1-2H3;2*3-6,9-12,19-22H,7-8H2,1-2H3/t10-,13-,15-,17-,22+,27-;2*11-,12+/m0../s1. The molecule has 6 aromatic rings. The zero-order valence-electron chi connectivity index (χ0n) is 46.9. The van der Waals surface area contributed by atoms with Gasteiger partial charge in [-0.3, -0.25) is 14.4 Å². The van der Waals surface area contributed by atoms with Crippen LogP contribution in [-0.2, 0) is 46.4 Å². The average Bonchev–Trinajstić information content (AvgIpc) is 1.12. The second-order valence-electron chi connectivity index (χ2n) is 22.2. The third-order valence-corrected chi connectivity index (χ3v) is 16.1. The molecule has 10 atom stereocenters. The molecule has 3 aliphatic rings. The van der Waals surface area contributed by atoms with E-state index < -0.39 is 95.7 Å². The number of phenolic OH excluding ortho intramolecular Hbond substituents is 10. The number of rotatable bonds is 15. The molecule has 0 saturated carbocycles. The van der Waals surface area contributed by atoms with Crippen LogP contribution in [-0.4, -0.2) is 128 Å². The summed E-state index contributed by atoms with van der Waals surface area (Å²) in [7, 11) is 1.32. The van der Waals surface area contributed by atoms with E-state index in [0.29, 0.717) is 23.7 Å². The number of aliphatic hydroxyl groups is 3. The molecule has 9 rings (SSSR count). The lowest BCUT2D eigenvalue weighted by atomic mass is 9.72. The van der Waals surface area contributed by atoms with Crippen LogP contribution in [0, 0.1) is 23.7 Å². The summed E-state index contributed by atoms with van der Waals surface area (Å²) in [5.74, 6) is -3.15. The van der Waals surface area contributed by atoms with E-state index in [9.17, 15) is 80.8 Å². The van der Waals surface area contributed by atoms with Gasteiger partial charge in [0.1, 0.15) is 29.5 Å². The number of methoxy groups -OCH3 is 1. The van der Waals surface area contributed by atoms with Crippen LogP contribution in [0.25, 0.3) is 0 Å². The first kappa shape index (κ1) is 62.5. The van der Waals surface area contributed by atoms with Crippen molar-refractivity contribution in [2.24, 2.45) is 29.4 Å². The third kappa shape index (κ3) is 13.9. The van der Waals surface area contributed by atoms with Crippen molar-refractivity contribution in [2.45, 2.75) is 116 Å². The maximum Gasteiger partial charge on any atom is 0.202 e. The molecule has 1 saturated heterocycles. The van der Waals surface area contributed by atoms with Gasteiger partial charge in [-0.25, -0.2) is 0 Å². The Bertz CT molecular complexity index is 3120. The molecule has 83 heavy (non-hydrogen) atoms. The van der Waals surface area contributed by atoms with Crippen molar-refractivity contribution in [3.63, 3.8) is 0 Å². The smallest absolute Gasteiger partial charge is 0.202 e. The molecular weight excluding hydrogens is 1070 g/mol. The molecule has 0 bridgehead atoms. The molecule has 0 unspecified atom stereocenters. The maximum atomic E-state index is 13.6. The number of nitrogens with two attached hydrogens (primary N) is 1. The van der Waals surface area contributed by atoms with Gasteiger partial charge in [-0.1, -0.05) is 64.1 Å². The fourth-order valence-corrected chi connectivity index (χ4v) is 10.8.